The van der Waals surface area contributed by atoms with Crippen LogP contribution in [0.2, 0.25) is 0 Å². The first-order chi connectivity index (χ1) is 12.4. The van der Waals surface area contributed by atoms with E-state index in [1.54, 1.807) is 39.7 Å². The third-order valence-electron chi connectivity index (χ3n) is 4.21. The molecule has 1 N–H and O–H groups in total. The predicted molar refractivity (Wildman–Crippen MR) is 98.7 cm³/mol. The molecule has 1 heterocycles. The van der Waals surface area contributed by atoms with Crippen molar-refractivity contribution in [1.82, 2.24) is 14.9 Å². The summed E-state index contributed by atoms with van der Waals surface area (Å²) in [4.78, 5) is 17.0. The van der Waals surface area contributed by atoms with E-state index in [9.17, 15) is 4.79 Å². The minimum atomic E-state index is -0.162. The van der Waals surface area contributed by atoms with Crippen LogP contribution in [0.5, 0.6) is 17.2 Å². The molecule has 1 amide bonds. The van der Waals surface area contributed by atoms with Crippen molar-refractivity contribution >= 4 is 5.91 Å². The van der Waals surface area contributed by atoms with Crippen LogP contribution >= 0.6 is 0 Å². The number of hydrogen-bond acceptors (Lipinski definition) is 5. The first kappa shape index (κ1) is 19.6. The van der Waals surface area contributed by atoms with Gasteiger partial charge in [-0.3, -0.25) is 4.79 Å². The molecule has 0 spiro atoms. The second-order valence-corrected chi connectivity index (χ2v) is 6.40. The third-order valence-corrected chi connectivity index (χ3v) is 4.21. The summed E-state index contributed by atoms with van der Waals surface area (Å²) in [5.74, 6) is 2.50. The van der Waals surface area contributed by atoms with E-state index < -0.39 is 0 Å². The number of rotatable bonds is 8. The van der Waals surface area contributed by atoms with Crippen LogP contribution in [0, 0.1) is 5.92 Å². The van der Waals surface area contributed by atoms with E-state index in [4.69, 9.17) is 14.2 Å². The number of methoxy groups -OCH3 is 3. The molecular formula is C19H27N3O4. The summed E-state index contributed by atoms with van der Waals surface area (Å²) in [5.41, 5.74) is 0.777. The lowest BCUT2D eigenvalue weighted by Gasteiger charge is -2.22. The summed E-state index contributed by atoms with van der Waals surface area (Å²) in [6.45, 7) is 4.11. The van der Waals surface area contributed by atoms with Gasteiger partial charge in [0.1, 0.15) is 5.82 Å². The fraction of sp³-hybridized carbons (Fsp3) is 0.474. The molecule has 1 atom stereocenters. The van der Waals surface area contributed by atoms with E-state index in [1.165, 1.54) is 0 Å². The van der Waals surface area contributed by atoms with Crippen LogP contribution in [-0.4, -0.2) is 36.8 Å². The van der Waals surface area contributed by atoms with Crippen molar-refractivity contribution in [1.29, 1.82) is 0 Å². The molecule has 1 aromatic carbocycles. The van der Waals surface area contributed by atoms with Gasteiger partial charge in [-0.15, -0.1) is 0 Å². The van der Waals surface area contributed by atoms with Crippen LogP contribution in [0.25, 0.3) is 0 Å². The SMILES string of the molecule is COc1cc(CC(=O)N[C@@H](c2nccn2C)C(C)C)cc(OC)c1OC. The van der Waals surface area contributed by atoms with Gasteiger partial charge >= 0.3 is 0 Å². The average molecular weight is 361 g/mol. The monoisotopic (exact) mass is 361 g/mol. The molecule has 0 saturated carbocycles. The second-order valence-electron chi connectivity index (χ2n) is 6.40. The molecule has 0 saturated heterocycles. The summed E-state index contributed by atoms with van der Waals surface area (Å²) in [6, 6.07) is 3.41. The number of amides is 1. The summed E-state index contributed by atoms with van der Waals surface area (Å²) < 4.78 is 17.9. The minimum Gasteiger partial charge on any atom is -0.493 e. The fourth-order valence-electron chi connectivity index (χ4n) is 2.85. The lowest BCUT2D eigenvalue weighted by Crippen LogP contribution is -2.34. The van der Waals surface area contributed by atoms with E-state index >= 15 is 0 Å². The zero-order chi connectivity index (χ0) is 19.3. The van der Waals surface area contributed by atoms with E-state index in [2.05, 4.69) is 24.1 Å². The van der Waals surface area contributed by atoms with Crippen LogP contribution < -0.4 is 19.5 Å². The van der Waals surface area contributed by atoms with Crippen molar-refractivity contribution in [2.45, 2.75) is 26.3 Å². The van der Waals surface area contributed by atoms with E-state index in [-0.39, 0.29) is 24.3 Å². The maximum atomic E-state index is 12.6. The Bertz CT molecular complexity index is 730. The highest BCUT2D eigenvalue weighted by molar-refractivity contribution is 5.79. The Hall–Kier alpha value is -2.70. The number of carbonyl (C=O) groups excluding carboxylic acids is 1. The lowest BCUT2D eigenvalue weighted by molar-refractivity contribution is -0.121. The molecule has 2 rings (SSSR count). The Morgan fingerprint density at radius 2 is 1.77 bits per heavy atom. The lowest BCUT2D eigenvalue weighted by atomic mass is 10.0. The van der Waals surface area contributed by atoms with Gasteiger partial charge < -0.3 is 24.1 Å². The van der Waals surface area contributed by atoms with Crippen molar-refractivity contribution in [3.8, 4) is 17.2 Å². The van der Waals surface area contributed by atoms with E-state index in [0.29, 0.717) is 17.2 Å². The van der Waals surface area contributed by atoms with Gasteiger partial charge in [0.25, 0.3) is 0 Å². The zero-order valence-electron chi connectivity index (χ0n) is 16.2. The number of imidazole rings is 1. The molecule has 26 heavy (non-hydrogen) atoms. The molecule has 1 aromatic heterocycles. The molecule has 0 aliphatic rings. The highest BCUT2D eigenvalue weighted by Gasteiger charge is 2.22. The van der Waals surface area contributed by atoms with Gasteiger partial charge in [-0.1, -0.05) is 13.8 Å². The number of ether oxygens (including phenoxy) is 3. The Balaban J connectivity index is 2.20. The van der Waals surface area contributed by atoms with Crippen LogP contribution in [0.3, 0.4) is 0 Å². The highest BCUT2D eigenvalue weighted by Crippen LogP contribution is 2.38. The van der Waals surface area contributed by atoms with Gasteiger partial charge in [-0.25, -0.2) is 4.98 Å². The number of aromatic nitrogens is 2. The quantitative estimate of drug-likeness (QED) is 0.782. The number of benzene rings is 1. The molecule has 0 fully saturated rings. The summed E-state index contributed by atoms with van der Waals surface area (Å²) in [6.07, 6.45) is 3.80. The maximum Gasteiger partial charge on any atom is 0.225 e. The Kier molecular flexibility index (Phi) is 6.49. The Morgan fingerprint density at radius 1 is 1.15 bits per heavy atom. The minimum absolute atomic E-state index is 0.0963. The van der Waals surface area contributed by atoms with E-state index in [0.717, 1.165) is 11.4 Å². The molecule has 0 aliphatic carbocycles. The van der Waals surface area contributed by atoms with Crippen molar-refractivity contribution in [2.75, 3.05) is 21.3 Å². The fourth-order valence-corrected chi connectivity index (χ4v) is 2.85. The predicted octanol–water partition coefficient (Wildman–Crippen LogP) is 2.50. The number of aryl methyl sites for hydroxylation is 1. The number of nitrogens with one attached hydrogen (secondary N) is 1. The van der Waals surface area contributed by atoms with Gasteiger partial charge in [-0.2, -0.15) is 0 Å². The third kappa shape index (κ3) is 4.28. The molecule has 0 unspecified atom stereocenters. The van der Waals surface area contributed by atoms with Crippen LogP contribution in [0.1, 0.15) is 31.3 Å². The summed E-state index contributed by atoms with van der Waals surface area (Å²) >= 11 is 0. The van der Waals surface area contributed by atoms with Gasteiger partial charge in [0.2, 0.25) is 11.7 Å². The molecule has 7 heteroatoms. The van der Waals surface area contributed by atoms with Gasteiger partial charge in [0, 0.05) is 19.4 Å². The van der Waals surface area contributed by atoms with Crippen molar-refractivity contribution in [2.24, 2.45) is 13.0 Å². The van der Waals surface area contributed by atoms with Crippen molar-refractivity contribution in [3.63, 3.8) is 0 Å². The molecule has 0 aliphatic heterocycles. The standard InChI is InChI=1S/C19H27N3O4/c1-12(2)17(19-20-7-8-22(19)3)21-16(23)11-13-9-14(24-4)18(26-6)15(10-13)25-5/h7-10,12,17H,11H2,1-6H3,(H,21,23)/t17-/m1/s1. The molecule has 2 aromatic rings. The van der Waals surface area contributed by atoms with Crippen LogP contribution in [-0.2, 0) is 18.3 Å². The number of nitrogens with zero attached hydrogens (tertiary/aromatic N) is 2. The Morgan fingerprint density at radius 3 is 2.19 bits per heavy atom. The zero-order valence-corrected chi connectivity index (χ0v) is 16.2. The molecule has 7 nitrogen and oxygen atoms in total. The van der Waals surface area contributed by atoms with Gasteiger partial charge in [0.05, 0.1) is 33.8 Å². The first-order valence-corrected chi connectivity index (χ1v) is 8.46. The normalized spacial score (nSPS) is 12.0. The van der Waals surface area contributed by atoms with E-state index in [1.807, 2.05) is 17.8 Å². The molecule has 142 valence electrons. The molecular weight excluding hydrogens is 334 g/mol. The number of hydrogen-bond donors (Lipinski definition) is 1. The molecule has 0 bridgehead atoms. The smallest absolute Gasteiger partial charge is 0.225 e. The van der Waals surface area contributed by atoms with Gasteiger partial charge in [-0.05, 0) is 23.6 Å². The molecule has 0 radical (unpaired) electrons. The summed E-state index contributed by atoms with van der Waals surface area (Å²) in [5, 5.41) is 3.08. The van der Waals surface area contributed by atoms with Gasteiger partial charge in [0.15, 0.2) is 11.5 Å². The topological polar surface area (TPSA) is 74.6 Å². The highest BCUT2D eigenvalue weighted by atomic mass is 16.5. The average Bonchev–Trinajstić information content (AvgIpc) is 3.04. The number of carbonyl (C=O) groups is 1. The Labute approximate surface area is 154 Å². The first-order valence-electron chi connectivity index (χ1n) is 8.46. The summed E-state index contributed by atoms with van der Waals surface area (Å²) in [7, 11) is 6.57. The van der Waals surface area contributed by atoms with Crippen molar-refractivity contribution in [3.05, 3.63) is 35.9 Å². The largest absolute Gasteiger partial charge is 0.493 e. The van der Waals surface area contributed by atoms with Crippen LogP contribution in [0.15, 0.2) is 24.5 Å². The van der Waals surface area contributed by atoms with Crippen LogP contribution in [0.4, 0.5) is 0 Å². The second kappa shape index (κ2) is 8.60. The van der Waals surface area contributed by atoms with Crippen molar-refractivity contribution < 1.29 is 19.0 Å². The maximum absolute atomic E-state index is 12.6.